The summed E-state index contributed by atoms with van der Waals surface area (Å²) in [5.41, 5.74) is 1.73. The van der Waals surface area contributed by atoms with Gasteiger partial charge >= 0.3 is 0 Å². The molecule has 3 aromatic rings. The smallest absolute Gasteiger partial charge is 0.135 e. The summed E-state index contributed by atoms with van der Waals surface area (Å²) in [6.07, 6.45) is 1.16. The Kier molecular flexibility index (Phi) is 2.64. The summed E-state index contributed by atoms with van der Waals surface area (Å²) in [6, 6.07) is 11.5. The lowest BCUT2D eigenvalue weighted by Crippen LogP contribution is -2.08. The number of benzene rings is 1. The van der Waals surface area contributed by atoms with E-state index in [9.17, 15) is 5.11 Å². The molecule has 2 aromatic heterocycles. The second-order valence-electron chi connectivity index (χ2n) is 4.38. The van der Waals surface area contributed by atoms with Crippen molar-refractivity contribution in [3.63, 3.8) is 0 Å². The van der Waals surface area contributed by atoms with Gasteiger partial charge in [0.05, 0.1) is 12.2 Å². The highest BCUT2D eigenvalue weighted by Crippen LogP contribution is 2.24. The number of aliphatic hydroxyl groups excluding tert-OH is 1. The SMILES string of the molecule is Cc1ccn(CC(O)c2cc3ccccc3o2)n1. The number of rotatable bonds is 3. The monoisotopic (exact) mass is 242 g/mol. The summed E-state index contributed by atoms with van der Waals surface area (Å²) >= 11 is 0. The van der Waals surface area contributed by atoms with Crippen molar-refractivity contribution in [2.45, 2.75) is 19.6 Å². The van der Waals surface area contributed by atoms with Gasteiger partial charge in [0, 0.05) is 11.6 Å². The topological polar surface area (TPSA) is 51.2 Å². The molecule has 0 aliphatic heterocycles. The van der Waals surface area contributed by atoms with E-state index in [0.717, 1.165) is 16.7 Å². The van der Waals surface area contributed by atoms with Gasteiger partial charge < -0.3 is 9.52 Å². The van der Waals surface area contributed by atoms with Crippen LogP contribution in [-0.4, -0.2) is 14.9 Å². The molecule has 4 nitrogen and oxygen atoms in total. The summed E-state index contributed by atoms with van der Waals surface area (Å²) in [5, 5.41) is 15.4. The lowest BCUT2D eigenvalue weighted by molar-refractivity contribution is 0.128. The Bertz CT molecular complexity index is 636. The van der Waals surface area contributed by atoms with Gasteiger partial charge in [-0.2, -0.15) is 5.10 Å². The van der Waals surface area contributed by atoms with E-state index in [4.69, 9.17) is 4.42 Å². The number of para-hydroxylation sites is 1. The first-order valence-corrected chi connectivity index (χ1v) is 5.89. The molecule has 1 atom stereocenters. The highest BCUT2D eigenvalue weighted by atomic mass is 16.4. The zero-order chi connectivity index (χ0) is 12.5. The van der Waals surface area contributed by atoms with Crippen molar-refractivity contribution in [1.29, 1.82) is 0 Å². The molecule has 0 aliphatic carbocycles. The number of furan rings is 1. The van der Waals surface area contributed by atoms with Crippen molar-refractivity contribution in [3.8, 4) is 0 Å². The fourth-order valence-corrected chi connectivity index (χ4v) is 2.00. The average Bonchev–Trinajstić information content (AvgIpc) is 2.95. The van der Waals surface area contributed by atoms with Crippen LogP contribution in [0.25, 0.3) is 11.0 Å². The molecule has 0 fully saturated rings. The number of aliphatic hydroxyl groups is 1. The molecule has 0 saturated carbocycles. The minimum Gasteiger partial charge on any atom is -0.458 e. The number of aryl methyl sites for hydroxylation is 1. The number of aromatic nitrogens is 2. The Morgan fingerprint density at radius 2 is 2.17 bits per heavy atom. The quantitative estimate of drug-likeness (QED) is 0.768. The van der Waals surface area contributed by atoms with Gasteiger partial charge in [0.2, 0.25) is 0 Å². The van der Waals surface area contributed by atoms with Gasteiger partial charge in [0.15, 0.2) is 0 Å². The standard InChI is InChI=1S/C14H14N2O2/c1-10-6-7-16(15-10)9-12(17)14-8-11-4-2-3-5-13(11)18-14/h2-8,12,17H,9H2,1H3. The summed E-state index contributed by atoms with van der Waals surface area (Å²) in [7, 11) is 0. The normalized spacial score (nSPS) is 13.0. The first-order chi connectivity index (χ1) is 8.72. The van der Waals surface area contributed by atoms with Crippen LogP contribution in [0.15, 0.2) is 47.0 Å². The third-order valence-corrected chi connectivity index (χ3v) is 2.91. The largest absolute Gasteiger partial charge is 0.458 e. The Balaban J connectivity index is 1.85. The van der Waals surface area contributed by atoms with Crippen molar-refractivity contribution in [2.75, 3.05) is 0 Å². The number of fused-ring (bicyclic) bond motifs is 1. The summed E-state index contributed by atoms with van der Waals surface area (Å²) < 4.78 is 7.33. The molecule has 1 aromatic carbocycles. The van der Waals surface area contributed by atoms with Crippen LogP contribution < -0.4 is 0 Å². The van der Waals surface area contributed by atoms with E-state index < -0.39 is 6.10 Å². The van der Waals surface area contributed by atoms with E-state index in [1.54, 1.807) is 4.68 Å². The van der Waals surface area contributed by atoms with Gasteiger partial charge in [-0.05, 0) is 25.1 Å². The molecule has 1 unspecified atom stereocenters. The van der Waals surface area contributed by atoms with Crippen molar-refractivity contribution >= 4 is 11.0 Å². The van der Waals surface area contributed by atoms with Gasteiger partial charge in [0.1, 0.15) is 17.4 Å². The van der Waals surface area contributed by atoms with Crippen LogP contribution in [0.5, 0.6) is 0 Å². The van der Waals surface area contributed by atoms with E-state index in [-0.39, 0.29) is 0 Å². The molecule has 0 aliphatic rings. The van der Waals surface area contributed by atoms with Gasteiger partial charge in [-0.3, -0.25) is 4.68 Å². The molecule has 0 radical (unpaired) electrons. The number of hydrogen-bond acceptors (Lipinski definition) is 3. The van der Waals surface area contributed by atoms with Crippen LogP contribution in [0.2, 0.25) is 0 Å². The van der Waals surface area contributed by atoms with Crippen molar-refractivity contribution in [2.24, 2.45) is 0 Å². The summed E-state index contributed by atoms with van der Waals surface area (Å²) in [5.74, 6) is 0.573. The van der Waals surface area contributed by atoms with E-state index in [2.05, 4.69) is 5.10 Å². The number of hydrogen-bond donors (Lipinski definition) is 1. The van der Waals surface area contributed by atoms with Crippen molar-refractivity contribution < 1.29 is 9.52 Å². The van der Waals surface area contributed by atoms with Crippen molar-refractivity contribution in [1.82, 2.24) is 9.78 Å². The van der Waals surface area contributed by atoms with Gasteiger partial charge in [-0.1, -0.05) is 18.2 Å². The van der Waals surface area contributed by atoms with E-state index in [1.807, 2.05) is 49.5 Å². The van der Waals surface area contributed by atoms with Crippen LogP contribution in [0, 0.1) is 6.92 Å². The first kappa shape index (κ1) is 11.0. The van der Waals surface area contributed by atoms with Gasteiger partial charge in [-0.15, -0.1) is 0 Å². The Morgan fingerprint density at radius 1 is 1.33 bits per heavy atom. The molecule has 1 N–H and O–H groups in total. The van der Waals surface area contributed by atoms with E-state index in [1.165, 1.54) is 0 Å². The molecule has 0 spiro atoms. The summed E-state index contributed by atoms with van der Waals surface area (Å²) in [6.45, 7) is 2.32. The third-order valence-electron chi connectivity index (χ3n) is 2.91. The Hall–Kier alpha value is -2.07. The Labute approximate surface area is 104 Å². The minimum atomic E-state index is -0.684. The predicted molar refractivity (Wildman–Crippen MR) is 68.1 cm³/mol. The van der Waals surface area contributed by atoms with Gasteiger partial charge in [0.25, 0.3) is 0 Å². The van der Waals surface area contributed by atoms with E-state index >= 15 is 0 Å². The zero-order valence-corrected chi connectivity index (χ0v) is 10.1. The van der Waals surface area contributed by atoms with Gasteiger partial charge in [-0.25, -0.2) is 0 Å². The fraction of sp³-hybridized carbons (Fsp3) is 0.214. The summed E-state index contributed by atoms with van der Waals surface area (Å²) in [4.78, 5) is 0. The van der Waals surface area contributed by atoms with Crippen LogP contribution in [0.1, 0.15) is 17.6 Å². The zero-order valence-electron chi connectivity index (χ0n) is 10.1. The molecule has 0 saturated heterocycles. The predicted octanol–water partition coefficient (Wildman–Crippen LogP) is 2.67. The molecule has 18 heavy (non-hydrogen) atoms. The maximum absolute atomic E-state index is 10.1. The molecule has 0 amide bonds. The van der Waals surface area contributed by atoms with Crippen LogP contribution in [-0.2, 0) is 6.54 Å². The Morgan fingerprint density at radius 3 is 2.89 bits per heavy atom. The lowest BCUT2D eigenvalue weighted by Gasteiger charge is -2.07. The maximum Gasteiger partial charge on any atom is 0.135 e. The molecule has 2 heterocycles. The van der Waals surface area contributed by atoms with Crippen LogP contribution in [0.3, 0.4) is 0 Å². The maximum atomic E-state index is 10.1. The van der Waals surface area contributed by atoms with Crippen LogP contribution in [0.4, 0.5) is 0 Å². The average molecular weight is 242 g/mol. The molecule has 92 valence electrons. The highest BCUT2D eigenvalue weighted by molar-refractivity contribution is 5.77. The van der Waals surface area contributed by atoms with E-state index in [0.29, 0.717) is 12.3 Å². The highest BCUT2D eigenvalue weighted by Gasteiger charge is 2.14. The second kappa shape index (κ2) is 4.31. The minimum absolute atomic E-state index is 0.396. The van der Waals surface area contributed by atoms with Crippen LogP contribution >= 0.6 is 0 Å². The molecule has 3 rings (SSSR count). The molecular formula is C14H14N2O2. The van der Waals surface area contributed by atoms with Crippen molar-refractivity contribution in [3.05, 3.63) is 54.0 Å². The number of nitrogens with zero attached hydrogens (tertiary/aromatic N) is 2. The third kappa shape index (κ3) is 2.02. The second-order valence-corrected chi connectivity index (χ2v) is 4.38. The first-order valence-electron chi connectivity index (χ1n) is 5.89. The molecule has 4 heteroatoms. The molecule has 0 bridgehead atoms. The molecular weight excluding hydrogens is 228 g/mol. The fourth-order valence-electron chi connectivity index (χ4n) is 2.00. The lowest BCUT2D eigenvalue weighted by atomic mass is 10.2.